The Bertz CT molecular complexity index is 639. The predicted molar refractivity (Wildman–Crippen MR) is 97.4 cm³/mol. The average Bonchev–Trinajstić information content (AvgIpc) is 3.16. The van der Waals surface area contributed by atoms with E-state index >= 15 is 0 Å². The number of amides is 2. The quantitative estimate of drug-likeness (QED) is 0.852. The third kappa shape index (κ3) is 4.69. The molecule has 2 atom stereocenters. The lowest BCUT2D eigenvalue weighted by Crippen LogP contribution is -2.39. The van der Waals surface area contributed by atoms with Crippen molar-refractivity contribution < 1.29 is 9.59 Å². The molecule has 2 aromatic rings. The third-order valence-electron chi connectivity index (χ3n) is 4.81. The highest BCUT2D eigenvalue weighted by Gasteiger charge is 2.37. The van der Waals surface area contributed by atoms with Gasteiger partial charge in [0, 0.05) is 24.9 Å². The molecule has 0 spiro atoms. The summed E-state index contributed by atoms with van der Waals surface area (Å²) in [6.07, 6.45) is 2.49. The Kier molecular flexibility index (Phi) is 5.83. The fourth-order valence-corrected chi connectivity index (χ4v) is 3.42. The zero-order valence-electron chi connectivity index (χ0n) is 14.3. The van der Waals surface area contributed by atoms with Gasteiger partial charge in [0.05, 0.1) is 0 Å². The summed E-state index contributed by atoms with van der Waals surface area (Å²) in [6, 6.07) is 19.7. The van der Waals surface area contributed by atoms with Crippen LogP contribution in [0, 0.1) is 11.8 Å². The van der Waals surface area contributed by atoms with Crippen molar-refractivity contribution in [1.29, 1.82) is 0 Å². The van der Waals surface area contributed by atoms with Crippen LogP contribution < -0.4 is 10.6 Å². The summed E-state index contributed by atoms with van der Waals surface area (Å²) in [5.74, 6) is -0.471. The van der Waals surface area contributed by atoms with Crippen LogP contribution in [-0.4, -0.2) is 11.8 Å². The molecule has 0 aromatic heterocycles. The van der Waals surface area contributed by atoms with Crippen LogP contribution in [0.4, 0.5) is 0 Å². The van der Waals surface area contributed by atoms with E-state index in [-0.39, 0.29) is 23.7 Å². The summed E-state index contributed by atoms with van der Waals surface area (Å²) >= 11 is 0. The molecule has 1 aliphatic rings. The zero-order chi connectivity index (χ0) is 17.5. The van der Waals surface area contributed by atoms with Crippen LogP contribution in [0.3, 0.4) is 0 Å². The molecule has 0 bridgehead atoms. The average molecular weight is 336 g/mol. The first-order chi connectivity index (χ1) is 12.2. The molecule has 0 radical (unpaired) electrons. The molecule has 4 nitrogen and oxygen atoms in total. The fraction of sp³-hybridized carbons (Fsp3) is 0.333. The van der Waals surface area contributed by atoms with Crippen molar-refractivity contribution in [2.45, 2.75) is 32.4 Å². The Morgan fingerprint density at radius 3 is 1.52 bits per heavy atom. The molecule has 4 heteroatoms. The van der Waals surface area contributed by atoms with E-state index in [1.807, 2.05) is 60.7 Å². The lowest BCUT2D eigenvalue weighted by atomic mass is 9.94. The highest BCUT2D eigenvalue weighted by Crippen LogP contribution is 2.32. The molecule has 1 aliphatic carbocycles. The normalized spacial score (nSPS) is 19.4. The van der Waals surface area contributed by atoms with Gasteiger partial charge in [0.25, 0.3) is 0 Å². The number of carbonyl (C=O) groups excluding carboxylic acids is 2. The molecule has 130 valence electrons. The van der Waals surface area contributed by atoms with Crippen molar-refractivity contribution in [2.75, 3.05) is 0 Å². The van der Waals surface area contributed by atoms with Gasteiger partial charge in [0.1, 0.15) is 0 Å². The predicted octanol–water partition coefficient (Wildman–Crippen LogP) is 3.04. The second kappa shape index (κ2) is 8.47. The Hall–Kier alpha value is -2.62. The molecule has 2 aromatic carbocycles. The Morgan fingerprint density at radius 2 is 1.12 bits per heavy atom. The van der Waals surface area contributed by atoms with E-state index in [1.165, 1.54) is 0 Å². The first kappa shape index (κ1) is 17.2. The number of carbonyl (C=O) groups is 2. The lowest BCUT2D eigenvalue weighted by Gasteiger charge is -2.19. The lowest BCUT2D eigenvalue weighted by molar-refractivity contribution is -0.133. The summed E-state index contributed by atoms with van der Waals surface area (Å²) in [5, 5.41) is 5.96. The van der Waals surface area contributed by atoms with Crippen molar-refractivity contribution in [2.24, 2.45) is 11.8 Å². The van der Waals surface area contributed by atoms with Crippen LogP contribution in [0.25, 0.3) is 0 Å². The minimum absolute atomic E-state index is 0.0128. The monoisotopic (exact) mass is 336 g/mol. The molecule has 0 heterocycles. The molecule has 3 rings (SSSR count). The van der Waals surface area contributed by atoms with Gasteiger partial charge in [-0.2, -0.15) is 0 Å². The second-order valence-electron chi connectivity index (χ2n) is 6.55. The van der Waals surface area contributed by atoms with Crippen LogP contribution in [0.2, 0.25) is 0 Å². The Balaban J connectivity index is 1.52. The first-order valence-corrected chi connectivity index (χ1v) is 8.87. The highest BCUT2D eigenvalue weighted by molar-refractivity contribution is 5.88. The zero-order valence-corrected chi connectivity index (χ0v) is 14.3. The summed E-state index contributed by atoms with van der Waals surface area (Å²) in [6.45, 7) is 1.02. The van der Waals surface area contributed by atoms with Crippen molar-refractivity contribution in [3.8, 4) is 0 Å². The van der Waals surface area contributed by atoms with Gasteiger partial charge >= 0.3 is 0 Å². The largest absolute Gasteiger partial charge is 0.352 e. The van der Waals surface area contributed by atoms with Crippen molar-refractivity contribution >= 4 is 11.8 Å². The van der Waals surface area contributed by atoms with E-state index in [1.54, 1.807) is 0 Å². The standard InChI is InChI=1S/C21H24N2O2/c24-20(22-14-16-8-3-1-4-9-16)18-12-7-13-19(18)21(25)23-15-17-10-5-2-6-11-17/h1-6,8-11,18-19H,7,12-15H2,(H,22,24)(H,23,25). The molecule has 2 N–H and O–H groups in total. The number of rotatable bonds is 6. The minimum atomic E-state index is -0.223. The van der Waals surface area contributed by atoms with Crippen LogP contribution in [0.5, 0.6) is 0 Å². The Labute approximate surface area is 148 Å². The highest BCUT2D eigenvalue weighted by atomic mass is 16.2. The van der Waals surface area contributed by atoms with Crippen molar-refractivity contribution in [3.05, 3.63) is 71.8 Å². The molecular formula is C21H24N2O2. The van der Waals surface area contributed by atoms with Gasteiger partial charge in [0.2, 0.25) is 11.8 Å². The second-order valence-corrected chi connectivity index (χ2v) is 6.55. The molecule has 1 saturated carbocycles. The van der Waals surface area contributed by atoms with E-state index in [9.17, 15) is 9.59 Å². The maximum Gasteiger partial charge on any atom is 0.224 e. The summed E-state index contributed by atoms with van der Waals surface area (Å²) in [5.41, 5.74) is 2.14. The van der Waals surface area contributed by atoms with Gasteiger partial charge in [-0.05, 0) is 24.0 Å². The molecule has 2 unspecified atom stereocenters. The van der Waals surface area contributed by atoms with Gasteiger partial charge in [-0.25, -0.2) is 0 Å². The van der Waals surface area contributed by atoms with E-state index < -0.39 is 0 Å². The Morgan fingerprint density at radius 1 is 0.720 bits per heavy atom. The van der Waals surface area contributed by atoms with E-state index in [4.69, 9.17) is 0 Å². The number of benzene rings is 2. The van der Waals surface area contributed by atoms with Crippen molar-refractivity contribution in [3.63, 3.8) is 0 Å². The molecule has 25 heavy (non-hydrogen) atoms. The van der Waals surface area contributed by atoms with Gasteiger partial charge in [0.15, 0.2) is 0 Å². The topological polar surface area (TPSA) is 58.2 Å². The number of nitrogens with one attached hydrogen (secondary N) is 2. The number of hydrogen-bond acceptors (Lipinski definition) is 2. The van der Waals surface area contributed by atoms with Crippen LogP contribution in [0.15, 0.2) is 60.7 Å². The number of hydrogen-bond donors (Lipinski definition) is 2. The van der Waals surface area contributed by atoms with Crippen LogP contribution >= 0.6 is 0 Å². The van der Waals surface area contributed by atoms with E-state index in [0.717, 1.165) is 30.4 Å². The maximum atomic E-state index is 12.5. The minimum Gasteiger partial charge on any atom is -0.352 e. The van der Waals surface area contributed by atoms with Crippen molar-refractivity contribution in [1.82, 2.24) is 10.6 Å². The smallest absolute Gasteiger partial charge is 0.224 e. The molecule has 1 fully saturated rings. The fourth-order valence-electron chi connectivity index (χ4n) is 3.42. The third-order valence-corrected chi connectivity index (χ3v) is 4.81. The molecule has 2 amide bonds. The first-order valence-electron chi connectivity index (χ1n) is 8.87. The van der Waals surface area contributed by atoms with E-state index in [0.29, 0.717) is 13.1 Å². The molecular weight excluding hydrogens is 312 g/mol. The van der Waals surface area contributed by atoms with Crippen LogP contribution in [0.1, 0.15) is 30.4 Å². The maximum absolute atomic E-state index is 12.5. The van der Waals surface area contributed by atoms with E-state index in [2.05, 4.69) is 10.6 Å². The summed E-state index contributed by atoms with van der Waals surface area (Å²) in [7, 11) is 0. The summed E-state index contributed by atoms with van der Waals surface area (Å²) < 4.78 is 0. The van der Waals surface area contributed by atoms with Gasteiger partial charge in [-0.15, -0.1) is 0 Å². The van der Waals surface area contributed by atoms with Gasteiger partial charge < -0.3 is 10.6 Å². The van der Waals surface area contributed by atoms with Gasteiger partial charge in [-0.1, -0.05) is 67.1 Å². The van der Waals surface area contributed by atoms with Gasteiger partial charge in [-0.3, -0.25) is 9.59 Å². The van der Waals surface area contributed by atoms with Crippen LogP contribution in [-0.2, 0) is 22.7 Å². The summed E-state index contributed by atoms with van der Waals surface area (Å²) in [4.78, 5) is 25.0. The molecule has 0 aliphatic heterocycles. The SMILES string of the molecule is O=C(NCc1ccccc1)C1CCCC1C(=O)NCc1ccccc1. The molecule has 0 saturated heterocycles.